The number of fused-ring (bicyclic) bond motifs is 1. The van der Waals surface area contributed by atoms with E-state index in [0.717, 1.165) is 37.1 Å². The first-order valence-corrected chi connectivity index (χ1v) is 10.2. The lowest BCUT2D eigenvalue weighted by Gasteiger charge is -2.32. The van der Waals surface area contributed by atoms with E-state index >= 15 is 0 Å². The van der Waals surface area contributed by atoms with Crippen LogP contribution in [-0.2, 0) is 6.54 Å². The number of hydrogen-bond acceptors (Lipinski definition) is 5. The van der Waals surface area contributed by atoms with Crippen molar-refractivity contribution in [3.05, 3.63) is 69.8 Å². The van der Waals surface area contributed by atoms with Crippen molar-refractivity contribution in [3.8, 4) is 5.75 Å². The Morgan fingerprint density at radius 2 is 1.83 bits per heavy atom. The molecule has 1 aliphatic rings. The van der Waals surface area contributed by atoms with Crippen LogP contribution in [0.25, 0.3) is 10.9 Å². The topological polar surface area (TPSA) is 45.7 Å². The third kappa shape index (κ3) is 4.54. The predicted molar refractivity (Wildman–Crippen MR) is 116 cm³/mol. The summed E-state index contributed by atoms with van der Waals surface area (Å²) in [7, 11) is 2.12. The minimum Gasteiger partial charge on any atom is -0.420 e. The molecule has 1 aliphatic heterocycles. The fourth-order valence-electron chi connectivity index (χ4n) is 3.44. The summed E-state index contributed by atoms with van der Waals surface area (Å²) in [5.41, 5.74) is 1.87. The number of ether oxygens (including phenoxy) is 1. The first-order valence-electron chi connectivity index (χ1n) is 9.46. The molecule has 0 unspecified atom stereocenters. The molecule has 0 atom stereocenters. The minimum absolute atomic E-state index is 0.430. The van der Waals surface area contributed by atoms with Crippen molar-refractivity contribution in [2.24, 2.45) is 0 Å². The van der Waals surface area contributed by atoms with Gasteiger partial charge in [0.05, 0.1) is 10.6 Å². The lowest BCUT2D eigenvalue weighted by Crippen LogP contribution is -2.43. The van der Waals surface area contributed by atoms with E-state index in [2.05, 4.69) is 21.8 Å². The normalized spacial score (nSPS) is 15.6. The van der Waals surface area contributed by atoms with Crippen molar-refractivity contribution in [2.75, 3.05) is 33.2 Å². The second-order valence-corrected chi connectivity index (χ2v) is 8.07. The van der Waals surface area contributed by atoms with Gasteiger partial charge in [0, 0.05) is 54.9 Å². The lowest BCUT2D eigenvalue weighted by atomic mass is 10.1. The number of piperazine rings is 1. The van der Waals surface area contributed by atoms with Gasteiger partial charge in [-0.2, -0.15) is 0 Å². The van der Waals surface area contributed by atoms with Gasteiger partial charge in [0.1, 0.15) is 5.52 Å². The molecule has 29 heavy (non-hydrogen) atoms. The Kier molecular flexibility index (Phi) is 6.01. The molecule has 2 heterocycles. The zero-order valence-electron chi connectivity index (χ0n) is 16.1. The van der Waals surface area contributed by atoms with Gasteiger partial charge in [0.15, 0.2) is 5.75 Å². The van der Waals surface area contributed by atoms with E-state index in [9.17, 15) is 4.79 Å². The van der Waals surface area contributed by atoms with Gasteiger partial charge in [-0.25, -0.2) is 4.79 Å². The number of esters is 1. The first kappa shape index (κ1) is 20.1. The summed E-state index contributed by atoms with van der Waals surface area (Å²) < 4.78 is 5.86. The average molecular weight is 430 g/mol. The Bertz CT molecular complexity index is 1030. The smallest absolute Gasteiger partial charge is 0.343 e. The molecule has 0 N–H and O–H groups in total. The van der Waals surface area contributed by atoms with Crippen LogP contribution in [0.4, 0.5) is 0 Å². The molecule has 4 rings (SSSR count). The first-order chi connectivity index (χ1) is 14.0. The Morgan fingerprint density at radius 3 is 2.55 bits per heavy atom. The van der Waals surface area contributed by atoms with Crippen molar-refractivity contribution >= 4 is 40.1 Å². The van der Waals surface area contributed by atoms with Crippen LogP contribution in [0.5, 0.6) is 5.75 Å². The maximum atomic E-state index is 12.8. The van der Waals surface area contributed by atoms with Crippen LogP contribution in [0.2, 0.25) is 10.0 Å². The standard InChI is InChI=1S/C22H21Cl2N3O2/c1-26-9-11-27(12-10-26)14-16-13-19(24)18-3-2-8-25-20(18)21(16)29-22(28)15-4-6-17(23)7-5-15/h2-8,13H,9-12,14H2,1H3. The molecule has 0 aliphatic carbocycles. The van der Waals surface area contributed by atoms with Crippen LogP contribution in [0.3, 0.4) is 0 Å². The highest BCUT2D eigenvalue weighted by Crippen LogP contribution is 2.35. The molecule has 2 aromatic carbocycles. The van der Waals surface area contributed by atoms with Crippen LogP contribution < -0.4 is 4.74 Å². The second kappa shape index (κ2) is 8.67. The number of pyridine rings is 1. The molecule has 1 aromatic heterocycles. The van der Waals surface area contributed by atoms with Crippen molar-refractivity contribution in [3.63, 3.8) is 0 Å². The number of benzene rings is 2. The molecule has 5 nitrogen and oxygen atoms in total. The summed E-state index contributed by atoms with van der Waals surface area (Å²) in [6.07, 6.45) is 1.68. The quantitative estimate of drug-likeness (QED) is 0.450. The van der Waals surface area contributed by atoms with Crippen molar-refractivity contribution < 1.29 is 9.53 Å². The molecular formula is C22H21Cl2N3O2. The fourth-order valence-corrected chi connectivity index (χ4v) is 3.85. The SMILES string of the molecule is CN1CCN(Cc2cc(Cl)c3cccnc3c2OC(=O)c2ccc(Cl)cc2)CC1. The second-order valence-electron chi connectivity index (χ2n) is 7.22. The van der Waals surface area contributed by atoms with Crippen LogP contribution in [0.1, 0.15) is 15.9 Å². The van der Waals surface area contributed by atoms with Gasteiger partial charge >= 0.3 is 5.97 Å². The molecule has 0 bridgehead atoms. The molecule has 0 radical (unpaired) electrons. The Morgan fingerprint density at radius 1 is 1.10 bits per heavy atom. The number of aromatic nitrogens is 1. The summed E-state index contributed by atoms with van der Waals surface area (Å²) in [6.45, 7) is 4.53. The summed E-state index contributed by atoms with van der Waals surface area (Å²) in [5.74, 6) is 0.0134. The van der Waals surface area contributed by atoms with E-state index in [-0.39, 0.29) is 0 Å². The van der Waals surface area contributed by atoms with E-state index in [1.807, 2.05) is 18.2 Å². The van der Waals surface area contributed by atoms with Crippen LogP contribution >= 0.6 is 23.2 Å². The molecule has 150 valence electrons. The van der Waals surface area contributed by atoms with Crippen molar-refractivity contribution in [1.82, 2.24) is 14.8 Å². The molecule has 0 amide bonds. The minimum atomic E-state index is -0.449. The van der Waals surface area contributed by atoms with Crippen LogP contribution in [-0.4, -0.2) is 54.0 Å². The molecule has 1 saturated heterocycles. The third-order valence-electron chi connectivity index (χ3n) is 5.14. The Labute approximate surface area is 179 Å². The predicted octanol–water partition coefficient (Wildman–Crippen LogP) is 4.51. The fraction of sp³-hybridized carbons (Fsp3) is 0.273. The zero-order chi connectivity index (χ0) is 20.4. The highest BCUT2D eigenvalue weighted by Gasteiger charge is 2.21. The van der Waals surface area contributed by atoms with E-state index in [4.69, 9.17) is 27.9 Å². The molecule has 0 saturated carbocycles. The van der Waals surface area contributed by atoms with Crippen LogP contribution in [0, 0.1) is 0 Å². The van der Waals surface area contributed by atoms with E-state index in [1.54, 1.807) is 30.5 Å². The highest BCUT2D eigenvalue weighted by molar-refractivity contribution is 6.35. The summed E-state index contributed by atoms with van der Waals surface area (Å²) in [5, 5.41) is 1.93. The van der Waals surface area contributed by atoms with Gasteiger partial charge in [-0.15, -0.1) is 0 Å². The Balaban J connectivity index is 1.70. The largest absolute Gasteiger partial charge is 0.420 e. The lowest BCUT2D eigenvalue weighted by molar-refractivity contribution is 0.0732. The maximum absolute atomic E-state index is 12.8. The van der Waals surface area contributed by atoms with Gasteiger partial charge in [-0.1, -0.05) is 23.2 Å². The van der Waals surface area contributed by atoms with E-state index < -0.39 is 5.97 Å². The summed E-state index contributed by atoms with van der Waals surface area (Å²) >= 11 is 12.5. The van der Waals surface area contributed by atoms with Gasteiger partial charge in [-0.05, 0) is 49.5 Å². The van der Waals surface area contributed by atoms with Crippen molar-refractivity contribution in [2.45, 2.75) is 6.54 Å². The summed E-state index contributed by atoms with van der Waals surface area (Å²) in [6, 6.07) is 12.2. The number of rotatable bonds is 4. The van der Waals surface area contributed by atoms with Gasteiger partial charge < -0.3 is 9.64 Å². The average Bonchev–Trinajstić information content (AvgIpc) is 2.73. The van der Waals surface area contributed by atoms with E-state index in [0.29, 0.717) is 33.4 Å². The number of carbonyl (C=O) groups excluding carboxylic acids is 1. The molecule has 1 fully saturated rings. The maximum Gasteiger partial charge on any atom is 0.343 e. The Hall–Kier alpha value is -2.18. The molecular weight excluding hydrogens is 409 g/mol. The monoisotopic (exact) mass is 429 g/mol. The number of halogens is 2. The van der Waals surface area contributed by atoms with E-state index in [1.165, 1.54) is 0 Å². The highest BCUT2D eigenvalue weighted by atomic mass is 35.5. The number of hydrogen-bond donors (Lipinski definition) is 0. The zero-order valence-corrected chi connectivity index (χ0v) is 17.6. The van der Waals surface area contributed by atoms with Gasteiger partial charge in [0.25, 0.3) is 0 Å². The van der Waals surface area contributed by atoms with Crippen molar-refractivity contribution in [1.29, 1.82) is 0 Å². The number of carbonyl (C=O) groups is 1. The number of nitrogens with zero attached hydrogens (tertiary/aromatic N) is 3. The molecule has 3 aromatic rings. The number of likely N-dealkylation sites (N-methyl/N-ethyl adjacent to an activating group) is 1. The third-order valence-corrected chi connectivity index (χ3v) is 5.70. The summed E-state index contributed by atoms with van der Waals surface area (Å²) in [4.78, 5) is 21.9. The van der Waals surface area contributed by atoms with Gasteiger partial charge in [0.2, 0.25) is 0 Å². The van der Waals surface area contributed by atoms with Gasteiger partial charge in [-0.3, -0.25) is 9.88 Å². The molecule has 7 heteroatoms. The van der Waals surface area contributed by atoms with Crippen LogP contribution in [0.15, 0.2) is 48.7 Å². The molecule has 0 spiro atoms.